The number of halogens is 1. The molecule has 0 atom stereocenters. The van der Waals surface area contributed by atoms with E-state index in [1.165, 1.54) is 18.3 Å². The van der Waals surface area contributed by atoms with E-state index in [0.29, 0.717) is 16.5 Å². The van der Waals surface area contributed by atoms with Crippen molar-refractivity contribution in [1.29, 1.82) is 0 Å². The van der Waals surface area contributed by atoms with E-state index in [-0.39, 0.29) is 17.2 Å². The van der Waals surface area contributed by atoms with Crippen LogP contribution in [0.5, 0.6) is 0 Å². The molecule has 3 rings (SSSR count). The normalized spacial score (nSPS) is 11.4. The number of hydrogen-bond acceptors (Lipinski definition) is 5. The Morgan fingerprint density at radius 2 is 1.78 bits per heavy atom. The van der Waals surface area contributed by atoms with Gasteiger partial charge in [-0.15, -0.1) is 0 Å². The van der Waals surface area contributed by atoms with Gasteiger partial charge in [0, 0.05) is 22.5 Å². The van der Waals surface area contributed by atoms with Gasteiger partial charge in [0.05, 0.1) is 11.5 Å². The van der Waals surface area contributed by atoms with E-state index in [1.54, 1.807) is 47.9 Å². The van der Waals surface area contributed by atoms with Crippen LogP contribution in [0.3, 0.4) is 0 Å². The van der Waals surface area contributed by atoms with Crippen molar-refractivity contribution in [3.63, 3.8) is 0 Å². The van der Waals surface area contributed by atoms with Gasteiger partial charge in [0.15, 0.2) is 5.69 Å². The second kappa shape index (κ2) is 7.51. The topological polar surface area (TPSA) is 104 Å². The van der Waals surface area contributed by atoms with Crippen molar-refractivity contribution in [1.82, 2.24) is 9.55 Å². The number of sulfonamides is 1. The van der Waals surface area contributed by atoms with E-state index >= 15 is 0 Å². The van der Waals surface area contributed by atoms with Crippen LogP contribution in [0.15, 0.2) is 59.6 Å². The Morgan fingerprint density at radius 1 is 1.15 bits per heavy atom. The summed E-state index contributed by atoms with van der Waals surface area (Å²) in [6, 6.07) is 12.9. The lowest BCUT2D eigenvalue weighted by molar-refractivity contribution is 0.0520. The van der Waals surface area contributed by atoms with Crippen LogP contribution in [0, 0.1) is 0 Å². The molecule has 0 saturated heterocycles. The van der Waals surface area contributed by atoms with Crippen LogP contribution in [0.25, 0.3) is 17.1 Å². The van der Waals surface area contributed by atoms with E-state index in [2.05, 4.69) is 4.98 Å². The van der Waals surface area contributed by atoms with Crippen LogP contribution >= 0.6 is 11.6 Å². The van der Waals surface area contributed by atoms with E-state index in [9.17, 15) is 13.2 Å². The second-order valence-electron chi connectivity index (χ2n) is 5.59. The summed E-state index contributed by atoms with van der Waals surface area (Å²) in [5, 5.41) is 5.71. The first-order valence-corrected chi connectivity index (χ1v) is 9.87. The van der Waals surface area contributed by atoms with Crippen molar-refractivity contribution in [3.8, 4) is 17.1 Å². The highest BCUT2D eigenvalue weighted by atomic mass is 35.5. The lowest BCUT2D eigenvalue weighted by atomic mass is 10.2. The molecule has 140 valence electrons. The van der Waals surface area contributed by atoms with Gasteiger partial charge in [0.2, 0.25) is 10.0 Å². The minimum Gasteiger partial charge on any atom is -0.461 e. The zero-order chi connectivity index (χ0) is 19.6. The molecule has 27 heavy (non-hydrogen) atoms. The Balaban J connectivity index is 2.12. The van der Waals surface area contributed by atoms with Gasteiger partial charge in [-0.25, -0.2) is 23.3 Å². The van der Waals surface area contributed by atoms with E-state index in [4.69, 9.17) is 21.5 Å². The van der Waals surface area contributed by atoms with Crippen LogP contribution in [0.1, 0.15) is 17.4 Å². The van der Waals surface area contributed by atoms with Crippen LogP contribution in [-0.4, -0.2) is 30.5 Å². The average molecular weight is 406 g/mol. The Morgan fingerprint density at radius 3 is 2.33 bits per heavy atom. The number of benzene rings is 2. The van der Waals surface area contributed by atoms with Gasteiger partial charge in [-0.2, -0.15) is 0 Å². The Kier molecular flexibility index (Phi) is 5.31. The maximum Gasteiger partial charge on any atom is 0.358 e. The third kappa shape index (κ3) is 4.19. The Labute approximate surface area is 161 Å². The number of primary sulfonamides is 1. The van der Waals surface area contributed by atoms with Gasteiger partial charge < -0.3 is 4.74 Å². The molecule has 3 aromatic rings. The maximum atomic E-state index is 12.1. The van der Waals surface area contributed by atoms with Gasteiger partial charge in [-0.1, -0.05) is 11.6 Å². The smallest absolute Gasteiger partial charge is 0.358 e. The second-order valence-corrected chi connectivity index (χ2v) is 7.58. The molecule has 0 saturated carbocycles. The number of esters is 1. The number of rotatable bonds is 5. The van der Waals surface area contributed by atoms with Crippen LogP contribution in [-0.2, 0) is 14.8 Å². The molecule has 0 amide bonds. The summed E-state index contributed by atoms with van der Waals surface area (Å²) in [5.41, 5.74) is 1.47. The molecule has 0 radical (unpaired) electrons. The molecule has 0 aliphatic carbocycles. The average Bonchev–Trinajstić information content (AvgIpc) is 3.07. The molecule has 0 fully saturated rings. The van der Waals surface area contributed by atoms with Crippen molar-refractivity contribution < 1.29 is 17.9 Å². The molecule has 2 aromatic carbocycles. The molecular weight excluding hydrogens is 390 g/mol. The first-order valence-electron chi connectivity index (χ1n) is 7.95. The number of carbonyl (C=O) groups is 1. The lowest BCUT2D eigenvalue weighted by Gasteiger charge is -2.08. The zero-order valence-corrected chi connectivity index (χ0v) is 15.9. The van der Waals surface area contributed by atoms with Gasteiger partial charge in [-0.3, -0.25) is 4.57 Å². The van der Waals surface area contributed by atoms with Crippen molar-refractivity contribution >= 4 is 27.6 Å². The van der Waals surface area contributed by atoms with Crippen molar-refractivity contribution in [3.05, 3.63) is 65.4 Å². The Hall–Kier alpha value is -2.68. The number of carbonyl (C=O) groups excluding carboxylic acids is 1. The predicted molar refractivity (Wildman–Crippen MR) is 101 cm³/mol. The van der Waals surface area contributed by atoms with Crippen molar-refractivity contribution in [2.24, 2.45) is 5.14 Å². The maximum absolute atomic E-state index is 12.1. The summed E-state index contributed by atoms with van der Waals surface area (Å²) in [5.74, 6) is -0.0642. The highest BCUT2D eigenvalue weighted by Gasteiger charge is 2.18. The van der Waals surface area contributed by atoms with Gasteiger partial charge in [0.1, 0.15) is 5.82 Å². The zero-order valence-electron chi connectivity index (χ0n) is 14.3. The fraction of sp³-hybridized carbons (Fsp3) is 0.111. The quantitative estimate of drug-likeness (QED) is 0.657. The van der Waals surface area contributed by atoms with Gasteiger partial charge >= 0.3 is 5.97 Å². The molecule has 0 aliphatic rings. The van der Waals surface area contributed by atoms with Crippen LogP contribution in [0.4, 0.5) is 0 Å². The SMILES string of the molecule is CCOC(=O)c1cn(-c2ccc(S(N)(=O)=O)cc2)c(-c2ccc(Cl)cc2)n1. The minimum absolute atomic E-state index is 0.00924. The van der Waals surface area contributed by atoms with Gasteiger partial charge in [0.25, 0.3) is 0 Å². The summed E-state index contributed by atoms with van der Waals surface area (Å²) < 4.78 is 29.6. The number of hydrogen-bond donors (Lipinski definition) is 1. The highest BCUT2D eigenvalue weighted by Crippen LogP contribution is 2.25. The molecule has 0 bridgehead atoms. The molecule has 1 heterocycles. The first kappa shape index (κ1) is 19.1. The number of nitrogens with zero attached hydrogens (tertiary/aromatic N) is 2. The molecular formula is C18H16ClN3O4S. The molecule has 2 N–H and O–H groups in total. The van der Waals surface area contributed by atoms with Crippen molar-refractivity contribution in [2.45, 2.75) is 11.8 Å². The van der Waals surface area contributed by atoms with E-state index in [1.807, 2.05) is 0 Å². The molecule has 9 heteroatoms. The summed E-state index contributed by atoms with van der Waals surface area (Å²) in [4.78, 5) is 16.5. The third-order valence-corrected chi connectivity index (χ3v) is 4.92. The number of imidazole rings is 1. The fourth-order valence-electron chi connectivity index (χ4n) is 2.48. The standard InChI is InChI=1S/C18H16ClN3O4S/c1-2-26-18(23)16-11-22(14-7-9-15(10-8-14)27(20,24)25)17(21-16)12-3-5-13(19)6-4-12/h3-11H,2H2,1H3,(H2,20,24,25). The first-order chi connectivity index (χ1) is 12.8. The third-order valence-electron chi connectivity index (χ3n) is 3.74. The minimum atomic E-state index is -3.80. The fourth-order valence-corrected chi connectivity index (χ4v) is 3.12. The molecule has 7 nitrogen and oxygen atoms in total. The predicted octanol–water partition coefficient (Wildman–Crippen LogP) is 3.02. The van der Waals surface area contributed by atoms with Crippen LogP contribution < -0.4 is 5.14 Å². The number of nitrogens with two attached hydrogens (primary N) is 1. The van der Waals surface area contributed by atoms with E-state index < -0.39 is 16.0 Å². The summed E-state index contributed by atoms with van der Waals surface area (Å²) in [6.45, 7) is 1.94. The Bertz CT molecular complexity index is 1070. The molecule has 1 aromatic heterocycles. The highest BCUT2D eigenvalue weighted by molar-refractivity contribution is 7.89. The summed E-state index contributed by atoms with van der Waals surface area (Å²) >= 11 is 5.94. The van der Waals surface area contributed by atoms with E-state index in [0.717, 1.165) is 5.56 Å². The van der Waals surface area contributed by atoms with Crippen LogP contribution in [0.2, 0.25) is 5.02 Å². The lowest BCUT2D eigenvalue weighted by Crippen LogP contribution is -2.12. The summed E-state index contributed by atoms with van der Waals surface area (Å²) in [6.07, 6.45) is 1.54. The van der Waals surface area contributed by atoms with Crippen molar-refractivity contribution in [2.75, 3.05) is 6.61 Å². The number of aromatic nitrogens is 2. The number of ether oxygens (including phenoxy) is 1. The monoisotopic (exact) mass is 405 g/mol. The largest absolute Gasteiger partial charge is 0.461 e. The molecule has 0 unspecified atom stereocenters. The summed E-state index contributed by atoms with van der Waals surface area (Å²) in [7, 11) is -3.80. The molecule has 0 aliphatic heterocycles. The van der Waals surface area contributed by atoms with Gasteiger partial charge in [-0.05, 0) is 55.5 Å². The molecule has 0 spiro atoms.